The van der Waals surface area contributed by atoms with E-state index in [1.807, 2.05) is 30.3 Å². The molecule has 1 aromatic heterocycles. The second kappa shape index (κ2) is 6.52. The van der Waals surface area contributed by atoms with Gasteiger partial charge in [0.1, 0.15) is 0 Å². The topological polar surface area (TPSA) is 36.4 Å². The van der Waals surface area contributed by atoms with Crippen LogP contribution in [0.4, 0.5) is 0 Å². The first-order valence-electron chi connectivity index (χ1n) is 9.18. The predicted octanol–water partition coefficient (Wildman–Crippen LogP) is 3.32. The standard InChI is InChI=1S/C20H25N3O/c1-2-22-13-5-10-17(22)18-11-6-14-23(18)20(24)16-9-3-7-15-8-4-12-21-19(15)16/h3-4,7-9,12,17-18H,2,5-6,10-11,13-14H2,1H3/t17-,18-/m0/s1. The molecule has 0 aliphatic carbocycles. The van der Waals surface area contributed by atoms with Gasteiger partial charge in [0.2, 0.25) is 0 Å². The van der Waals surface area contributed by atoms with E-state index in [1.165, 1.54) is 19.4 Å². The predicted molar refractivity (Wildman–Crippen MR) is 96.1 cm³/mol. The average molecular weight is 323 g/mol. The van der Waals surface area contributed by atoms with Crippen LogP contribution in [0.15, 0.2) is 36.5 Å². The van der Waals surface area contributed by atoms with Gasteiger partial charge in [-0.15, -0.1) is 0 Å². The SMILES string of the molecule is CCN1CCC[C@H]1[C@@H]1CCCN1C(=O)c1cccc2cccnc12. The van der Waals surface area contributed by atoms with E-state index in [1.54, 1.807) is 6.20 Å². The van der Waals surface area contributed by atoms with Gasteiger partial charge in [0.15, 0.2) is 0 Å². The van der Waals surface area contributed by atoms with Crippen molar-refractivity contribution in [3.63, 3.8) is 0 Å². The summed E-state index contributed by atoms with van der Waals surface area (Å²) >= 11 is 0. The molecule has 2 atom stereocenters. The molecule has 1 aromatic carbocycles. The molecule has 2 saturated heterocycles. The zero-order valence-corrected chi connectivity index (χ0v) is 14.3. The van der Waals surface area contributed by atoms with E-state index in [0.29, 0.717) is 12.1 Å². The number of para-hydroxylation sites is 1. The summed E-state index contributed by atoms with van der Waals surface area (Å²) in [6.07, 6.45) is 6.49. The third-order valence-corrected chi connectivity index (χ3v) is 5.69. The summed E-state index contributed by atoms with van der Waals surface area (Å²) in [5, 5.41) is 1.04. The molecule has 3 heterocycles. The Bertz CT molecular complexity index is 739. The van der Waals surface area contributed by atoms with Crippen molar-refractivity contribution in [3.8, 4) is 0 Å². The van der Waals surface area contributed by atoms with Crippen molar-refractivity contribution in [1.82, 2.24) is 14.8 Å². The fourth-order valence-electron chi connectivity index (χ4n) is 4.56. The van der Waals surface area contributed by atoms with Gasteiger partial charge in [0, 0.05) is 30.2 Å². The Morgan fingerprint density at radius 1 is 1.12 bits per heavy atom. The minimum Gasteiger partial charge on any atom is -0.334 e. The maximum absolute atomic E-state index is 13.3. The van der Waals surface area contributed by atoms with Crippen molar-refractivity contribution < 1.29 is 4.79 Å². The third kappa shape index (κ3) is 2.59. The Kier molecular flexibility index (Phi) is 4.23. The molecule has 2 aromatic rings. The number of benzene rings is 1. The molecular formula is C20H25N3O. The zero-order chi connectivity index (χ0) is 16.5. The van der Waals surface area contributed by atoms with Gasteiger partial charge in [0.25, 0.3) is 5.91 Å². The number of carbonyl (C=O) groups is 1. The second-order valence-electron chi connectivity index (χ2n) is 6.93. The number of hydrogen-bond donors (Lipinski definition) is 0. The minimum absolute atomic E-state index is 0.157. The average Bonchev–Trinajstić information content (AvgIpc) is 3.28. The molecular weight excluding hydrogens is 298 g/mol. The van der Waals surface area contributed by atoms with Crippen LogP contribution >= 0.6 is 0 Å². The van der Waals surface area contributed by atoms with E-state index in [2.05, 4.69) is 21.7 Å². The fourth-order valence-corrected chi connectivity index (χ4v) is 4.56. The molecule has 0 radical (unpaired) electrons. The van der Waals surface area contributed by atoms with Crippen molar-refractivity contribution in [1.29, 1.82) is 0 Å². The van der Waals surface area contributed by atoms with E-state index in [0.717, 1.165) is 42.4 Å². The van der Waals surface area contributed by atoms with Crippen LogP contribution in [0.5, 0.6) is 0 Å². The summed E-state index contributed by atoms with van der Waals surface area (Å²) in [7, 11) is 0. The summed E-state index contributed by atoms with van der Waals surface area (Å²) < 4.78 is 0. The summed E-state index contributed by atoms with van der Waals surface area (Å²) in [4.78, 5) is 22.4. The summed E-state index contributed by atoms with van der Waals surface area (Å²) in [6, 6.07) is 10.8. The van der Waals surface area contributed by atoms with E-state index in [9.17, 15) is 4.79 Å². The monoisotopic (exact) mass is 323 g/mol. The van der Waals surface area contributed by atoms with Crippen molar-refractivity contribution in [2.75, 3.05) is 19.6 Å². The highest BCUT2D eigenvalue weighted by molar-refractivity contribution is 6.05. The van der Waals surface area contributed by atoms with Crippen molar-refractivity contribution in [2.24, 2.45) is 0 Å². The second-order valence-corrected chi connectivity index (χ2v) is 6.93. The third-order valence-electron chi connectivity index (χ3n) is 5.69. The van der Waals surface area contributed by atoms with Crippen LogP contribution in [-0.4, -0.2) is 52.4 Å². The molecule has 24 heavy (non-hydrogen) atoms. The van der Waals surface area contributed by atoms with E-state index in [4.69, 9.17) is 0 Å². The van der Waals surface area contributed by atoms with Gasteiger partial charge >= 0.3 is 0 Å². The van der Waals surface area contributed by atoms with E-state index >= 15 is 0 Å². The van der Waals surface area contributed by atoms with Gasteiger partial charge < -0.3 is 4.90 Å². The fraction of sp³-hybridized carbons (Fsp3) is 0.500. The maximum Gasteiger partial charge on any atom is 0.256 e. The quantitative estimate of drug-likeness (QED) is 0.869. The molecule has 4 nitrogen and oxygen atoms in total. The Morgan fingerprint density at radius 2 is 1.92 bits per heavy atom. The largest absolute Gasteiger partial charge is 0.334 e. The Hall–Kier alpha value is -1.94. The van der Waals surface area contributed by atoms with Gasteiger partial charge in [-0.3, -0.25) is 14.7 Å². The van der Waals surface area contributed by atoms with Gasteiger partial charge in [0.05, 0.1) is 11.1 Å². The number of carbonyl (C=O) groups excluding carboxylic acids is 1. The minimum atomic E-state index is 0.157. The Labute approximate surface area is 143 Å². The number of rotatable bonds is 3. The maximum atomic E-state index is 13.3. The Balaban J connectivity index is 1.65. The molecule has 1 amide bonds. The number of likely N-dealkylation sites (N-methyl/N-ethyl adjacent to an activating group) is 1. The van der Waals surface area contributed by atoms with Gasteiger partial charge in [-0.1, -0.05) is 25.1 Å². The number of hydrogen-bond acceptors (Lipinski definition) is 3. The molecule has 0 unspecified atom stereocenters. The van der Waals surface area contributed by atoms with E-state index in [-0.39, 0.29) is 5.91 Å². The smallest absolute Gasteiger partial charge is 0.256 e. The summed E-state index contributed by atoms with van der Waals surface area (Å²) in [6.45, 7) is 5.36. The summed E-state index contributed by atoms with van der Waals surface area (Å²) in [5.74, 6) is 0.157. The van der Waals surface area contributed by atoms with Crippen molar-refractivity contribution in [3.05, 3.63) is 42.1 Å². The van der Waals surface area contributed by atoms with Crippen LogP contribution in [0, 0.1) is 0 Å². The number of pyridine rings is 1. The number of nitrogens with zero attached hydrogens (tertiary/aromatic N) is 3. The van der Waals surface area contributed by atoms with Gasteiger partial charge in [-0.05, 0) is 50.9 Å². The van der Waals surface area contributed by atoms with Crippen LogP contribution in [0.1, 0.15) is 43.0 Å². The molecule has 0 spiro atoms. The van der Waals surface area contributed by atoms with Crippen LogP contribution < -0.4 is 0 Å². The lowest BCUT2D eigenvalue weighted by atomic mass is 10.0. The van der Waals surface area contributed by atoms with Crippen molar-refractivity contribution in [2.45, 2.75) is 44.7 Å². The molecule has 0 bridgehead atoms. The number of aromatic nitrogens is 1. The lowest BCUT2D eigenvalue weighted by Gasteiger charge is -2.34. The molecule has 0 N–H and O–H groups in total. The molecule has 2 aliphatic rings. The lowest BCUT2D eigenvalue weighted by molar-refractivity contribution is 0.0651. The number of amides is 1. The molecule has 0 saturated carbocycles. The van der Waals surface area contributed by atoms with Crippen LogP contribution in [0.2, 0.25) is 0 Å². The van der Waals surface area contributed by atoms with Gasteiger partial charge in [-0.25, -0.2) is 0 Å². The highest BCUT2D eigenvalue weighted by Crippen LogP contribution is 2.31. The molecule has 2 aliphatic heterocycles. The normalized spacial score (nSPS) is 24.8. The number of likely N-dealkylation sites (tertiary alicyclic amines) is 2. The van der Waals surface area contributed by atoms with Crippen molar-refractivity contribution >= 4 is 16.8 Å². The number of fused-ring (bicyclic) bond motifs is 1. The molecule has 4 rings (SSSR count). The summed E-state index contributed by atoms with van der Waals surface area (Å²) in [5.41, 5.74) is 1.58. The molecule has 2 fully saturated rings. The first-order valence-corrected chi connectivity index (χ1v) is 9.18. The first-order chi connectivity index (χ1) is 11.8. The molecule has 126 valence electrons. The Morgan fingerprint density at radius 3 is 2.79 bits per heavy atom. The van der Waals surface area contributed by atoms with Crippen LogP contribution in [0.25, 0.3) is 10.9 Å². The first kappa shape index (κ1) is 15.6. The highest BCUT2D eigenvalue weighted by Gasteiger charge is 2.39. The molecule has 4 heteroatoms. The van der Waals surface area contributed by atoms with Crippen LogP contribution in [-0.2, 0) is 0 Å². The lowest BCUT2D eigenvalue weighted by Crippen LogP contribution is -2.48. The highest BCUT2D eigenvalue weighted by atomic mass is 16.2. The van der Waals surface area contributed by atoms with E-state index < -0.39 is 0 Å². The van der Waals surface area contributed by atoms with Crippen LogP contribution in [0.3, 0.4) is 0 Å². The zero-order valence-electron chi connectivity index (χ0n) is 14.3. The van der Waals surface area contributed by atoms with Gasteiger partial charge in [-0.2, -0.15) is 0 Å².